The predicted octanol–water partition coefficient (Wildman–Crippen LogP) is 8.89. The Labute approximate surface area is 364 Å². The van der Waals surface area contributed by atoms with E-state index in [0.717, 1.165) is 67.2 Å². The summed E-state index contributed by atoms with van der Waals surface area (Å²) in [6.45, 7) is 10.7. The van der Waals surface area contributed by atoms with Crippen molar-refractivity contribution in [1.29, 1.82) is 0 Å². The molecule has 12 nitrogen and oxygen atoms in total. The van der Waals surface area contributed by atoms with Gasteiger partial charge in [0.1, 0.15) is 35.2 Å². The number of aliphatic hydroxyl groups excluding tert-OH is 2. The van der Waals surface area contributed by atoms with Gasteiger partial charge in [-0.25, -0.2) is 0 Å². The second kappa shape index (κ2) is 18.7. The lowest BCUT2D eigenvalue weighted by Gasteiger charge is -2.60. The molecule has 6 atom stereocenters. The number of allylic oxidation sites excluding steroid dienone is 1. The van der Waals surface area contributed by atoms with Gasteiger partial charge >= 0.3 is 0 Å². The quantitative estimate of drug-likeness (QED) is 0.0519. The summed E-state index contributed by atoms with van der Waals surface area (Å²) < 4.78 is 32.5. The number of hydrogen-bond donors (Lipinski definition) is 2. The molecule has 12 heteroatoms. The van der Waals surface area contributed by atoms with Gasteiger partial charge in [-0.3, -0.25) is 9.59 Å². The number of oxime groups is 1. The number of aldehydes is 1. The minimum absolute atomic E-state index is 0.0298. The molecule has 330 valence electrons. The SMILES string of the molecule is C=CCOC12Oc3ccc(Oc4cccc(C=O)c4)cc3C3C(CCCCO)C(CCCCO)C=C(C(=NOC(C)(C)C)CC1N(Cc1ccc4c(c1)OCO4)C(=O)C1CC1)C32. The molecule has 3 aromatic carbocycles. The number of carbonyl (C=O) groups is 2. The van der Waals surface area contributed by atoms with Gasteiger partial charge in [-0.15, -0.1) is 6.58 Å². The average molecular weight is 849 g/mol. The van der Waals surface area contributed by atoms with Gasteiger partial charge in [-0.1, -0.05) is 48.3 Å². The molecule has 2 N–H and O–H groups in total. The maximum Gasteiger partial charge on any atom is 0.239 e. The lowest BCUT2D eigenvalue weighted by Crippen LogP contribution is -2.70. The van der Waals surface area contributed by atoms with Crippen LogP contribution < -0.4 is 18.9 Å². The fraction of sp³-hybridized carbons (Fsp3) is 0.500. The molecular weight excluding hydrogens is 789 g/mol. The fourth-order valence-electron chi connectivity index (χ4n) is 9.83. The highest BCUT2D eigenvalue weighted by Gasteiger charge is 2.66. The van der Waals surface area contributed by atoms with Crippen LogP contribution in [0.4, 0.5) is 0 Å². The molecule has 6 unspecified atom stereocenters. The third kappa shape index (κ3) is 9.14. The Balaban J connectivity index is 1.34. The Kier molecular flexibility index (Phi) is 13.1. The molecule has 1 amide bonds. The van der Waals surface area contributed by atoms with Crippen molar-refractivity contribution in [2.45, 2.75) is 108 Å². The van der Waals surface area contributed by atoms with Crippen LogP contribution in [-0.2, 0) is 20.9 Å². The normalized spacial score (nSPS) is 25.2. The van der Waals surface area contributed by atoms with Gasteiger partial charge in [0.2, 0.25) is 18.5 Å². The van der Waals surface area contributed by atoms with Crippen molar-refractivity contribution in [3.63, 3.8) is 0 Å². The Morgan fingerprint density at radius 1 is 0.952 bits per heavy atom. The maximum atomic E-state index is 14.9. The molecule has 2 fully saturated rings. The van der Waals surface area contributed by atoms with Crippen LogP contribution in [0.2, 0.25) is 0 Å². The summed E-state index contributed by atoms with van der Waals surface area (Å²) >= 11 is 0. The second-order valence-electron chi connectivity index (χ2n) is 18.2. The van der Waals surface area contributed by atoms with Crippen molar-refractivity contribution in [3.8, 4) is 28.7 Å². The highest BCUT2D eigenvalue weighted by Crippen LogP contribution is 2.62. The summed E-state index contributed by atoms with van der Waals surface area (Å²) in [7, 11) is 0. The van der Waals surface area contributed by atoms with Crippen molar-refractivity contribution in [1.82, 2.24) is 4.90 Å². The number of unbranched alkanes of at least 4 members (excludes halogenated alkanes) is 2. The molecule has 2 aliphatic heterocycles. The van der Waals surface area contributed by atoms with Crippen molar-refractivity contribution in [3.05, 3.63) is 102 Å². The molecule has 0 aromatic heterocycles. The van der Waals surface area contributed by atoms with Crippen molar-refractivity contribution in [2.24, 2.45) is 28.8 Å². The number of amides is 1. The number of benzene rings is 3. The van der Waals surface area contributed by atoms with Gasteiger partial charge in [0.05, 0.1) is 18.2 Å². The van der Waals surface area contributed by atoms with E-state index in [1.54, 1.807) is 24.3 Å². The largest absolute Gasteiger partial charge is 0.459 e. The van der Waals surface area contributed by atoms with Crippen LogP contribution >= 0.6 is 0 Å². The first-order valence-electron chi connectivity index (χ1n) is 22.2. The third-order valence-corrected chi connectivity index (χ3v) is 12.7. The molecule has 0 bridgehead atoms. The van der Waals surface area contributed by atoms with Crippen molar-refractivity contribution >= 4 is 17.9 Å². The Morgan fingerprint density at radius 3 is 2.45 bits per heavy atom. The van der Waals surface area contributed by atoms with E-state index < -0.39 is 23.3 Å². The molecular formula is C50H60N2O10. The van der Waals surface area contributed by atoms with Crippen LogP contribution in [0.15, 0.2) is 90.1 Å². The highest BCUT2D eigenvalue weighted by atomic mass is 16.7. The van der Waals surface area contributed by atoms with E-state index in [4.69, 9.17) is 33.7 Å². The van der Waals surface area contributed by atoms with Crippen LogP contribution in [0.5, 0.6) is 28.7 Å². The van der Waals surface area contributed by atoms with Gasteiger partial charge in [0.15, 0.2) is 11.5 Å². The number of rotatable bonds is 19. The van der Waals surface area contributed by atoms with Gasteiger partial charge in [0.25, 0.3) is 0 Å². The first kappa shape index (κ1) is 43.5. The van der Waals surface area contributed by atoms with Crippen LogP contribution in [-0.4, -0.2) is 77.1 Å². The zero-order valence-electron chi connectivity index (χ0n) is 36.1. The van der Waals surface area contributed by atoms with Crippen molar-refractivity contribution < 1.29 is 48.3 Å². The topological polar surface area (TPSA) is 146 Å². The number of hydrogen-bond acceptors (Lipinski definition) is 11. The molecule has 62 heavy (non-hydrogen) atoms. The van der Waals surface area contributed by atoms with Gasteiger partial charge in [0, 0.05) is 49.1 Å². The van der Waals surface area contributed by atoms with E-state index in [9.17, 15) is 19.8 Å². The van der Waals surface area contributed by atoms with Crippen LogP contribution in [0, 0.1) is 23.7 Å². The predicted molar refractivity (Wildman–Crippen MR) is 234 cm³/mol. The summed E-state index contributed by atoms with van der Waals surface area (Å²) in [6.07, 6.45) is 11.4. The van der Waals surface area contributed by atoms with Crippen LogP contribution in [0.25, 0.3) is 0 Å². The van der Waals surface area contributed by atoms with E-state index in [2.05, 4.69) is 12.7 Å². The van der Waals surface area contributed by atoms with Gasteiger partial charge in [-0.05, 0) is 125 Å². The Hall–Kier alpha value is -5.17. The molecule has 0 saturated heterocycles. The molecule has 0 radical (unpaired) electrons. The monoisotopic (exact) mass is 848 g/mol. The Bertz CT molecular complexity index is 2170. The third-order valence-electron chi connectivity index (χ3n) is 12.7. The van der Waals surface area contributed by atoms with Crippen LogP contribution in [0.3, 0.4) is 0 Å². The van der Waals surface area contributed by atoms with Crippen molar-refractivity contribution in [2.75, 3.05) is 26.6 Å². The Morgan fingerprint density at radius 2 is 1.71 bits per heavy atom. The van der Waals surface area contributed by atoms with E-state index in [0.29, 0.717) is 53.6 Å². The molecule has 3 aromatic rings. The first-order valence-corrected chi connectivity index (χ1v) is 22.2. The zero-order chi connectivity index (χ0) is 43.4. The molecule has 5 aliphatic rings. The summed E-state index contributed by atoms with van der Waals surface area (Å²) in [6, 6.07) is 18.1. The lowest BCUT2D eigenvalue weighted by atomic mass is 9.55. The summed E-state index contributed by atoms with van der Waals surface area (Å²) in [5.41, 5.74) is 3.44. The lowest BCUT2D eigenvalue weighted by molar-refractivity contribution is -0.258. The van der Waals surface area contributed by atoms with E-state index >= 15 is 0 Å². The molecule has 2 saturated carbocycles. The summed E-state index contributed by atoms with van der Waals surface area (Å²) in [4.78, 5) is 34.9. The molecule has 3 aliphatic carbocycles. The first-order chi connectivity index (χ1) is 30.0. The minimum atomic E-state index is -1.40. The standard InChI is InChI=1S/C50H60N2O10/c1-5-23-59-50-45(52(48(56)34-16-17-34)29-32-15-19-43-44(25-32)58-31-57-43)28-41(51-62-49(2,3)4)39-26-35(12-6-8-21-53)38(14-7-9-22-54)46(47(39)50)40-27-37(18-20-42(40)61-50)60-36-13-10-11-33(24-36)30-55/h5,10-11,13,15,18-20,24-27,30,34-35,38,45-47,53-54H,1,6-9,12,14,16-17,21-23,28-29,31H2,2-4H3. The van der Waals surface area contributed by atoms with Crippen LogP contribution in [0.1, 0.15) is 106 Å². The average Bonchev–Trinajstić information content (AvgIpc) is 4.02. The highest BCUT2D eigenvalue weighted by molar-refractivity contribution is 6.03. The summed E-state index contributed by atoms with van der Waals surface area (Å²) in [5.74, 6) is 0.980. The summed E-state index contributed by atoms with van der Waals surface area (Å²) in [5, 5.41) is 24.9. The minimum Gasteiger partial charge on any atom is -0.459 e. The zero-order valence-corrected chi connectivity index (χ0v) is 36.1. The number of ether oxygens (including phenoxy) is 5. The van der Waals surface area contributed by atoms with E-state index in [-0.39, 0.29) is 62.7 Å². The molecule has 2 heterocycles. The number of carbonyl (C=O) groups excluding carboxylic acids is 2. The van der Waals surface area contributed by atoms with Gasteiger partial charge < -0.3 is 43.6 Å². The second-order valence-corrected chi connectivity index (χ2v) is 18.2. The van der Waals surface area contributed by atoms with E-state index in [1.807, 2.05) is 68.1 Å². The smallest absolute Gasteiger partial charge is 0.239 e. The van der Waals surface area contributed by atoms with Gasteiger partial charge in [-0.2, -0.15) is 0 Å². The van der Waals surface area contributed by atoms with E-state index in [1.165, 1.54) is 0 Å². The molecule has 0 spiro atoms. The number of aliphatic hydroxyl groups is 2. The number of fused-ring (bicyclic) bond motifs is 3. The number of nitrogens with zero attached hydrogens (tertiary/aromatic N) is 2. The molecule has 8 rings (SSSR count). The maximum absolute atomic E-state index is 14.9. The fourth-order valence-corrected chi connectivity index (χ4v) is 9.83.